The van der Waals surface area contributed by atoms with E-state index in [9.17, 15) is 4.79 Å². The molecule has 0 amide bonds. The first-order valence-electron chi connectivity index (χ1n) is 5.65. The van der Waals surface area contributed by atoms with Crippen molar-refractivity contribution >= 4 is 17.0 Å². The monoisotopic (exact) mass is 261 g/mol. The highest BCUT2D eigenvalue weighted by Gasteiger charge is 2.40. The number of hydrogen-bond acceptors (Lipinski definition) is 5. The van der Waals surface area contributed by atoms with E-state index in [1.54, 1.807) is 0 Å². The van der Waals surface area contributed by atoms with Gasteiger partial charge in [-0.3, -0.25) is 0 Å². The van der Waals surface area contributed by atoms with Gasteiger partial charge in [-0.2, -0.15) is 5.26 Å². The van der Waals surface area contributed by atoms with E-state index in [0.29, 0.717) is 0 Å². The first-order chi connectivity index (χ1) is 8.12. The first-order valence-corrected chi connectivity index (χ1v) is 6.02. The molecular formula is C11H16ClNO4. The van der Waals surface area contributed by atoms with Crippen molar-refractivity contribution in [2.45, 2.75) is 44.5 Å². The molecule has 0 unspecified atom stereocenters. The lowest BCUT2D eigenvalue weighted by Gasteiger charge is -2.33. The van der Waals surface area contributed by atoms with E-state index in [0.717, 1.165) is 25.7 Å². The Labute approximate surface area is 106 Å². The predicted octanol–water partition coefficient (Wildman–Crippen LogP) is 2.58. The van der Waals surface area contributed by atoms with E-state index >= 15 is 0 Å². The summed E-state index contributed by atoms with van der Waals surface area (Å²) in [7, 11) is 0. The molecule has 0 N–H and O–H groups in total. The SMILES string of the molecule is CCCCCC1OCC(C#N)(OC(=O)Cl)CO1. The molecule has 1 aliphatic rings. The minimum atomic E-state index is -1.40. The lowest BCUT2D eigenvalue weighted by molar-refractivity contribution is -0.236. The molecule has 0 saturated carbocycles. The third-order valence-electron chi connectivity index (χ3n) is 2.53. The van der Waals surface area contributed by atoms with Crippen LogP contribution in [0.15, 0.2) is 0 Å². The summed E-state index contributed by atoms with van der Waals surface area (Å²) < 4.78 is 15.4. The molecule has 1 fully saturated rings. The van der Waals surface area contributed by atoms with Gasteiger partial charge in [0.25, 0.3) is 0 Å². The van der Waals surface area contributed by atoms with Crippen LogP contribution in [0.3, 0.4) is 0 Å². The molecule has 0 bridgehead atoms. The van der Waals surface area contributed by atoms with E-state index in [1.807, 2.05) is 6.07 Å². The molecule has 0 atom stereocenters. The summed E-state index contributed by atoms with van der Waals surface area (Å²) in [6.07, 6.45) is 3.71. The Morgan fingerprint density at radius 1 is 1.53 bits per heavy atom. The Morgan fingerprint density at radius 3 is 2.65 bits per heavy atom. The van der Waals surface area contributed by atoms with Gasteiger partial charge in [0.15, 0.2) is 6.29 Å². The van der Waals surface area contributed by atoms with Crippen molar-refractivity contribution in [1.82, 2.24) is 0 Å². The molecule has 0 aliphatic carbocycles. The highest BCUT2D eigenvalue weighted by molar-refractivity contribution is 6.61. The second-order valence-corrected chi connectivity index (χ2v) is 4.30. The number of carbonyl (C=O) groups is 1. The third-order valence-corrected chi connectivity index (χ3v) is 2.60. The standard InChI is InChI=1S/C11H16ClNO4/c1-2-3-4-5-9-15-7-11(6-13,8-16-9)17-10(12)14/h9H,2-5,7-8H2,1H3. The summed E-state index contributed by atoms with van der Waals surface area (Å²) >= 11 is 5.09. The van der Waals surface area contributed by atoms with Crippen LogP contribution in [0.1, 0.15) is 32.6 Å². The lowest BCUT2D eigenvalue weighted by Crippen LogP contribution is -2.48. The van der Waals surface area contributed by atoms with Gasteiger partial charge in [0.2, 0.25) is 5.60 Å². The summed E-state index contributed by atoms with van der Waals surface area (Å²) in [6, 6.07) is 1.86. The van der Waals surface area contributed by atoms with Crippen LogP contribution in [0.2, 0.25) is 0 Å². The van der Waals surface area contributed by atoms with Crippen LogP contribution in [0.5, 0.6) is 0 Å². The Kier molecular flexibility index (Phi) is 5.69. The largest absolute Gasteiger partial charge is 0.427 e. The fourth-order valence-electron chi connectivity index (χ4n) is 1.57. The molecule has 0 aromatic rings. The van der Waals surface area contributed by atoms with Gasteiger partial charge in [-0.15, -0.1) is 0 Å². The summed E-state index contributed by atoms with van der Waals surface area (Å²) in [5.74, 6) is 0. The molecule has 1 aliphatic heterocycles. The van der Waals surface area contributed by atoms with E-state index in [4.69, 9.17) is 31.1 Å². The highest BCUT2D eigenvalue weighted by atomic mass is 35.5. The molecule has 96 valence electrons. The molecule has 1 rings (SSSR count). The maximum atomic E-state index is 10.6. The first kappa shape index (κ1) is 14.2. The number of nitriles is 1. The minimum Gasteiger partial charge on any atom is -0.427 e. The van der Waals surface area contributed by atoms with Crippen LogP contribution in [0.25, 0.3) is 0 Å². The van der Waals surface area contributed by atoms with Crippen molar-refractivity contribution in [3.05, 3.63) is 0 Å². The second-order valence-electron chi connectivity index (χ2n) is 3.99. The van der Waals surface area contributed by atoms with Crippen LogP contribution < -0.4 is 0 Å². The van der Waals surface area contributed by atoms with Crippen molar-refractivity contribution in [3.63, 3.8) is 0 Å². The number of halogens is 1. The van der Waals surface area contributed by atoms with Crippen LogP contribution in [0, 0.1) is 11.3 Å². The van der Waals surface area contributed by atoms with E-state index in [2.05, 4.69) is 6.92 Å². The van der Waals surface area contributed by atoms with Crippen LogP contribution in [-0.2, 0) is 14.2 Å². The molecule has 1 saturated heterocycles. The normalized spacial score (nSPS) is 28.4. The van der Waals surface area contributed by atoms with Gasteiger partial charge in [-0.25, -0.2) is 4.79 Å². The van der Waals surface area contributed by atoms with Crippen LogP contribution in [0.4, 0.5) is 4.79 Å². The van der Waals surface area contributed by atoms with Gasteiger partial charge in [-0.05, 0) is 12.8 Å². The van der Waals surface area contributed by atoms with Crippen molar-refractivity contribution in [3.8, 4) is 6.07 Å². The fourth-order valence-corrected chi connectivity index (χ4v) is 1.72. The summed E-state index contributed by atoms with van der Waals surface area (Å²) in [4.78, 5) is 10.6. The summed E-state index contributed by atoms with van der Waals surface area (Å²) in [5.41, 5.74) is -2.43. The zero-order valence-corrected chi connectivity index (χ0v) is 10.5. The molecule has 0 radical (unpaired) electrons. The zero-order valence-electron chi connectivity index (χ0n) is 9.78. The molecule has 1 heterocycles. The third kappa shape index (κ3) is 4.50. The van der Waals surface area contributed by atoms with Crippen LogP contribution >= 0.6 is 11.6 Å². The highest BCUT2D eigenvalue weighted by Crippen LogP contribution is 2.23. The Hall–Kier alpha value is -0.830. The molecular weight excluding hydrogens is 246 g/mol. The van der Waals surface area contributed by atoms with E-state index in [1.165, 1.54) is 0 Å². The van der Waals surface area contributed by atoms with Crippen LogP contribution in [-0.4, -0.2) is 30.5 Å². The molecule has 0 spiro atoms. The topological polar surface area (TPSA) is 68.5 Å². The van der Waals surface area contributed by atoms with Crippen molar-refractivity contribution < 1.29 is 19.0 Å². The number of ether oxygens (including phenoxy) is 3. The Balaban J connectivity index is 2.37. The smallest absolute Gasteiger partial charge is 0.405 e. The Morgan fingerprint density at radius 2 is 2.18 bits per heavy atom. The maximum Gasteiger partial charge on any atom is 0.405 e. The Bertz CT molecular complexity index is 294. The summed E-state index contributed by atoms with van der Waals surface area (Å²) in [6.45, 7) is 2.11. The number of rotatable bonds is 5. The zero-order chi connectivity index (χ0) is 12.7. The van der Waals surface area contributed by atoms with Gasteiger partial charge in [0, 0.05) is 11.6 Å². The quantitative estimate of drug-likeness (QED) is 0.562. The number of nitrogens with zero attached hydrogens (tertiary/aromatic N) is 1. The van der Waals surface area contributed by atoms with E-state index < -0.39 is 11.0 Å². The molecule has 6 heteroatoms. The fraction of sp³-hybridized carbons (Fsp3) is 0.818. The van der Waals surface area contributed by atoms with Gasteiger partial charge in [-0.1, -0.05) is 19.8 Å². The average Bonchev–Trinajstić information content (AvgIpc) is 2.31. The van der Waals surface area contributed by atoms with Crippen molar-refractivity contribution in [2.24, 2.45) is 0 Å². The molecule has 0 aromatic carbocycles. The molecule has 17 heavy (non-hydrogen) atoms. The van der Waals surface area contributed by atoms with Gasteiger partial charge in [0.05, 0.1) is 0 Å². The van der Waals surface area contributed by atoms with Gasteiger partial charge >= 0.3 is 5.43 Å². The second kappa shape index (κ2) is 6.80. The van der Waals surface area contributed by atoms with Gasteiger partial charge < -0.3 is 14.2 Å². The van der Waals surface area contributed by atoms with Gasteiger partial charge in [0.1, 0.15) is 19.3 Å². The predicted molar refractivity (Wildman–Crippen MR) is 60.5 cm³/mol. The number of carbonyl (C=O) groups excluding carboxylic acids is 1. The lowest BCUT2D eigenvalue weighted by atomic mass is 10.1. The number of unbranched alkanes of at least 4 members (excludes halogenated alkanes) is 2. The van der Waals surface area contributed by atoms with Crippen molar-refractivity contribution in [2.75, 3.05) is 13.2 Å². The minimum absolute atomic E-state index is 0.00124. The molecule has 5 nitrogen and oxygen atoms in total. The summed E-state index contributed by atoms with van der Waals surface area (Å²) in [5, 5.41) is 8.94. The number of hydrogen-bond donors (Lipinski definition) is 0. The van der Waals surface area contributed by atoms with Crippen molar-refractivity contribution in [1.29, 1.82) is 5.26 Å². The maximum absolute atomic E-state index is 10.6. The molecule has 0 aromatic heterocycles. The van der Waals surface area contributed by atoms with E-state index in [-0.39, 0.29) is 19.5 Å². The average molecular weight is 262 g/mol.